The number of anilines is 1. The van der Waals surface area contributed by atoms with Gasteiger partial charge in [-0.15, -0.1) is 15.7 Å². The highest BCUT2D eigenvalue weighted by Gasteiger charge is 2.27. The number of amides is 1. The number of carbonyl (C=O) groups excluding carboxylic acids is 2. The standard InChI is InChI=1S/C20H18N4O5S2/c1-13(18(25)22-20-21-16(12-30-20)14-5-3-2-4-6-14)29-19(26)15-7-8-17-23-31(27,28)10-9-24(17)11-15/h2-8,11-13H,9-10H2,1H3,(H,21,22,25)/t13-/m1/s1. The Kier molecular flexibility index (Phi) is 5.70. The maximum absolute atomic E-state index is 12.4. The van der Waals surface area contributed by atoms with E-state index in [-0.39, 0.29) is 23.7 Å². The molecule has 0 saturated heterocycles. The number of rotatable bonds is 5. The summed E-state index contributed by atoms with van der Waals surface area (Å²) in [5.74, 6) is -1.10. The largest absolute Gasteiger partial charge is 0.449 e. The summed E-state index contributed by atoms with van der Waals surface area (Å²) < 4.78 is 32.0. The summed E-state index contributed by atoms with van der Waals surface area (Å²) in [6.07, 6.45) is 3.25. The van der Waals surface area contributed by atoms with Crippen LogP contribution < -0.4 is 5.32 Å². The van der Waals surface area contributed by atoms with Crippen LogP contribution in [-0.4, -0.2) is 54.4 Å². The monoisotopic (exact) mass is 458 g/mol. The summed E-state index contributed by atoms with van der Waals surface area (Å²) >= 11 is 1.27. The van der Waals surface area contributed by atoms with Gasteiger partial charge in [-0.05, 0) is 19.1 Å². The van der Waals surface area contributed by atoms with Gasteiger partial charge in [0.05, 0.1) is 17.0 Å². The highest BCUT2D eigenvalue weighted by molar-refractivity contribution is 7.90. The van der Waals surface area contributed by atoms with Crippen LogP contribution in [0, 0.1) is 0 Å². The van der Waals surface area contributed by atoms with Crippen molar-refractivity contribution >= 4 is 44.2 Å². The molecule has 4 rings (SSSR count). The van der Waals surface area contributed by atoms with E-state index in [1.54, 1.807) is 4.90 Å². The molecule has 1 aromatic heterocycles. The summed E-state index contributed by atoms with van der Waals surface area (Å²) in [7, 11) is -3.48. The third-order valence-electron chi connectivity index (χ3n) is 4.52. The van der Waals surface area contributed by atoms with Crippen LogP contribution in [0.25, 0.3) is 11.3 Å². The quantitative estimate of drug-likeness (QED) is 0.682. The SMILES string of the molecule is C[C@@H](OC(=O)C1=CN2CCS(=O)(=O)N=C2C=C1)C(=O)Nc1nc(-c2ccccc2)cs1. The van der Waals surface area contributed by atoms with Gasteiger partial charge in [0.1, 0.15) is 5.84 Å². The number of hydrogen-bond acceptors (Lipinski definition) is 8. The lowest BCUT2D eigenvalue weighted by atomic mass is 10.2. The number of nitrogens with zero attached hydrogens (tertiary/aromatic N) is 3. The van der Waals surface area contributed by atoms with Gasteiger partial charge in [-0.1, -0.05) is 30.3 Å². The lowest BCUT2D eigenvalue weighted by Gasteiger charge is -2.27. The molecule has 9 nitrogen and oxygen atoms in total. The molecular weight excluding hydrogens is 440 g/mol. The van der Waals surface area contributed by atoms with Gasteiger partial charge in [-0.3, -0.25) is 10.1 Å². The molecule has 2 aromatic rings. The molecule has 2 aliphatic rings. The number of carbonyl (C=O) groups is 2. The van der Waals surface area contributed by atoms with E-state index in [0.29, 0.717) is 5.13 Å². The molecule has 1 amide bonds. The van der Waals surface area contributed by atoms with E-state index in [0.717, 1.165) is 11.3 Å². The molecule has 1 N–H and O–H groups in total. The van der Waals surface area contributed by atoms with Crippen LogP contribution in [0.15, 0.2) is 64.0 Å². The van der Waals surface area contributed by atoms with Gasteiger partial charge in [-0.2, -0.15) is 0 Å². The van der Waals surface area contributed by atoms with Crippen molar-refractivity contribution < 1.29 is 22.7 Å². The van der Waals surface area contributed by atoms with Crippen LogP contribution >= 0.6 is 11.3 Å². The lowest BCUT2D eigenvalue weighted by Crippen LogP contribution is -2.37. The van der Waals surface area contributed by atoms with Gasteiger partial charge in [0, 0.05) is 23.7 Å². The third kappa shape index (κ3) is 4.89. The molecule has 1 atom stereocenters. The highest BCUT2D eigenvalue weighted by Crippen LogP contribution is 2.25. The molecule has 31 heavy (non-hydrogen) atoms. The molecule has 0 spiro atoms. The van der Waals surface area contributed by atoms with E-state index < -0.39 is 28.0 Å². The zero-order valence-corrected chi connectivity index (χ0v) is 18.0. The van der Waals surface area contributed by atoms with E-state index in [4.69, 9.17) is 4.74 Å². The smallest absolute Gasteiger partial charge is 0.340 e. The second-order valence-corrected chi connectivity index (χ2v) is 9.40. The number of nitrogens with one attached hydrogen (secondary N) is 1. The van der Waals surface area contributed by atoms with Gasteiger partial charge in [0.25, 0.3) is 15.9 Å². The molecule has 1 aromatic carbocycles. The van der Waals surface area contributed by atoms with Crippen molar-refractivity contribution in [1.82, 2.24) is 9.88 Å². The summed E-state index contributed by atoms with van der Waals surface area (Å²) in [4.78, 5) is 30.8. The van der Waals surface area contributed by atoms with Crippen molar-refractivity contribution in [2.24, 2.45) is 4.40 Å². The van der Waals surface area contributed by atoms with Crippen molar-refractivity contribution in [2.45, 2.75) is 13.0 Å². The molecule has 0 unspecified atom stereocenters. The number of fused-ring (bicyclic) bond motifs is 1. The van der Waals surface area contributed by atoms with Crippen LogP contribution in [0.2, 0.25) is 0 Å². The minimum Gasteiger partial charge on any atom is -0.449 e. The lowest BCUT2D eigenvalue weighted by molar-refractivity contribution is -0.149. The number of sulfonamides is 1. The predicted octanol–water partition coefficient (Wildman–Crippen LogP) is 2.18. The number of hydrogen-bond donors (Lipinski definition) is 1. The fourth-order valence-electron chi connectivity index (χ4n) is 2.88. The highest BCUT2D eigenvalue weighted by atomic mass is 32.2. The van der Waals surface area contributed by atoms with E-state index >= 15 is 0 Å². The molecule has 0 radical (unpaired) electrons. The average Bonchev–Trinajstić information content (AvgIpc) is 3.21. The normalized spacial score (nSPS) is 17.8. The molecule has 160 valence electrons. The van der Waals surface area contributed by atoms with Gasteiger partial charge in [-0.25, -0.2) is 18.2 Å². The Balaban J connectivity index is 1.36. The van der Waals surface area contributed by atoms with Gasteiger partial charge in [0.2, 0.25) is 0 Å². The first-order valence-electron chi connectivity index (χ1n) is 9.33. The molecule has 3 heterocycles. The molecular formula is C20H18N4O5S2. The minimum absolute atomic E-state index is 0.138. The predicted molar refractivity (Wildman–Crippen MR) is 117 cm³/mol. The summed E-state index contributed by atoms with van der Waals surface area (Å²) in [6, 6.07) is 9.56. The third-order valence-corrected chi connectivity index (χ3v) is 6.44. The van der Waals surface area contributed by atoms with Crippen molar-refractivity contribution in [3.63, 3.8) is 0 Å². The Morgan fingerprint density at radius 2 is 2.00 bits per heavy atom. The van der Waals surface area contributed by atoms with Crippen LogP contribution in [-0.2, 0) is 24.3 Å². The van der Waals surface area contributed by atoms with E-state index in [1.807, 2.05) is 35.7 Å². The first-order chi connectivity index (χ1) is 14.8. The van der Waals surface area contributed by atoms with Crippen LogP contribution in [0.3, 0.4) is 0 Å². The van der Waals surface area contributed by atoms with E-state index in [1.165, 1.54) is 36.6 Å². The van der Waals surface area contributed by atoms with Gasteiger partial charge in [0.15, 0.2) is 11.2 Å². The van der Waals surface area contributed by atoms with E-state index in [9.17, 15) is 18.0 Å². The molecule has 0 fully saturated rings. The van der Waals surface area contributed by atoms with Crippen molar-refractivity contribution in [3.8, 4) is 11.3 Å². The summed E-state index contributed by atoms with van der Waals surface area (Å²) in [5.41, 5.74) is 1.87. The Labute approximate surface area is 182 Å². The first-order valence-corrected chi connectivity index (χ1v) is 11.8. The second kappa shape index (κ2) is 8.44. The number of benzene rings is 1. The Morgan fingerprint density at radius 3 is 2.77 bits per heavy atom. The fraction of sp³-hybridized carbons (Fsp3) is 0.200. The topological polar surface area (TPSA) is 118 Å². The van der Waals surface area contributed by atoms with Crippen LogP contribution in [0.4, 0.5) is 5.13 Å². The average molecular weight is 459 g/mol. The molecule has 0 aliphatic carbocycles. The Hall–Kier alpha value is -3.31. The molecule has 2 aliphatic heterocycles. The fourth-order valence-corrected chi connectivity index (χ4v) is 4.58. The number of thiazole rings is 1. The Bertz CT molecular complexity index is 1220. The Morgan fingerprint density at radius 1 is 1.23 bits per heavy atom. The summed E-state index contributed by atoms with van der Waals surface area (Å²) in [6.45, 7) is 1.65. The van der Waals surface area contributed by atoms with E-state index in [2.05, 4.69) is 14.7 Å². The molecule has 0 bridgehead atoms. The minimum atomic E-state index is -3.48. The zero-order valence-electron chi connectivity index (χ0n) is 16.4. The maximum atomic E-state index is 12.4. The summed E-state index contributed by atoms with van der Waals surface area (Å²) in [5, 5.41) is 4.88. The maximum Gasteiger partial charge on any atom is 0.340 e. The van der Waals surface area contributed by atoms with Crippen LogP contribution in [0.1, 0.15) is 6.92 Å². The number of esters is 1. The number of ether oxygens (including phenoxy) is 1. The molecule has 0 saturated carbocycles. The van der Waals surface area contributed by atoms with Crippen LogP contribution in [0.5, 0.6) is 0 Å². The van der Waals surface area contributed by atoms with Gasteiger partial charge < -0.3 is 9.64 Å². The molecule has 11 heteroatoms. The van der Waals surface area contributed by atoms with Crippen molar-refractivity contribution in [3.05, 3.63) is 59.6 Å². The van der Waals surface area contributed by atoms with Crippen molar-refractivity contribution in [2.75, 3.05) is 17.6 Å². The number of aromatic nitrogens is 1. The van der Waals surface area contributed by atoms with Crippen molar-refractivity contribution in [1.29, 1.82) is 0 Å². The van der Waals surface area contributed by atoms with Gasteiger partial charge >= 0.3 is 5.97 Å². The zero-order chi connectivity index (χ0) is 22.0. The number of amidine groups is 1. The first kappa shape index (κ1) is 20.9. The second-order valence-electron chi connectivity index (χ2n) is 6.79.